The predicted molar refractivity (Wildman–Crippen MR) is 131 cm³/mol. The molecule has 1 heterocycles. The molecule has 0 saturated carbocycles. The first kappa shape index (κ1) is 23.4. The molecule has 0 fully saturated rings. The summed E-state index contributed by atoms with van der Waals surface area (Å²) in [6, 6.07) is 17.6. The predicted octanol–water partition coefficient (Wildman–Crippen LogP) is 3.53. The van der Waals surface area contributed by atoms with Crippen molar-refractivity contribution in [2.75, 3.05) is 0 Å². The van der Waals surface area contributed by atoms with Crippen LogP contribution in [-0.4, -0.2) is 38.9 Å². The highest BCUT2D eigenvalue weighted by Gasteiger charge is 2.18. The zero-order chi connectivity index (χ0) is 25.1. The van der Waals surface area contributed by atoms with Gasteiger partial charge < -0.3 is 20.5 Å². The lowest BCUT2D eigenvalue weighted by molar-refractivity contribution is -0.119. The van der Waals surface area contributed by atoms with E-state index >= 15 is 0 Å². The zero-order valence-electron chi connectivity index (χ0n) is 18.7. The van der Waals surface area contributed by atoms with Gasteiger partial charge in [0.2, 0.25) is 5.43 Å². The molecule has 0 unspecified atom stereocenters. The standard InChI is InChI=1S/C27H22N2O6/c1-15(29-26(33)19-5-3-17(4-6-19)18-7-9-20(30)10-8-18)24(31)13-16-2-11-23-21(12-16)25(32)22(14-28-23)27(34)35/h2-12,14-15,30H,13H2,1H3,(H,28,32)(H,29,33)(H,34,35)/t15-/m0/s1. The second kappa shape index (κ2) is 9.64. The number of ketones is 1. The van der Waals surface area contributed by atoms with Gasteiger partial charge >= 0.3 is 5.97 Å². The number of phenols is 1. The van der Waals surface area contributed by atoms with Crippen LogP contribution in [-0.2, 0) is 11.2 Å². The van der Waals surface area contributed by atoms with Crippen molar-refractivity contribution < 1.29 is 24.6 Å². The summed E-state index contributed by atoms with van der Waals surface area (Å²) in [4.78, 5) is 51.8. The number of amides is 1. The number of aromatic hydroxyl groups is 1. The Bertz CT molecular complexity index is 1490. The van der Waals surface area contributed by atoms with E-state index in [0.717, 1.165) is 17.3 Å². The molecular weight excluding hydrogens is 448 g/mol. The van der Waals surface area contributed by atoms with E-state index in [0.29, 0.717) is 16.6 Å². The second-order valence-corrected chi connectivity index (χ2v) is 8.18. The third-order valence-corrected chi connectivity index (χ3v) is 5.73. The van der Waals surface area contributed by atoms with Crippen LogP contribution in [0.4, 0.5) is 0 Å². The maximum atomic E-state index is 12.7. The molecule has 1 amide bonds. The Morgan fingerprint density at radius 3 is 2.20 bits per heavy atom. The van der Waals surface area contributed by atoms with Gasteiger partial charge in [-0.3, -0.25) is 14.4 Å². The van der Waals surface area contributed by atoms with Gasteiger partial charge in [0.05, 0.1) is 6.04 Å². The molecule has 1 atom stereocenters. The van der Waals surface area contributed by atoms with Crippen LogP contribution in [0, 0.1) is 0 Å². The number of fused-ring (bicyclic) bond motifs is 1. The van der Waals surface area contributed by atoms with Gasteiger partial charge in [-0.05, 0) is 60.0 Å². The zero-order valence-corrected chi connectivity index (χ0v) is 18.7. The van der Waals surface area contributed by atoms with Crippen molar-refractivity contribution in [1.29, 1.82) is 0 Å². The normalized spacial score (nSPS) is 11.7. The van der Waals surface area contributed by atoms with Crippen molar-refractivity contribution in [2.45, 2.75) is 19.4 Å². The number of rotatable bonds is 7. The summed E-state index contributed by atoms with van der Waals surface area (Å²) in [5.74, 6) is -1.82. The molecule has 0 saturated heterocycles. The van der Waals surface area contributed by atoms with Crippen molar-refractivity contribution in [1.82, 2.24) is 10.3 Å². The Morgan fingerprint density at radius 1 is 0.943 bits per heavy atom. The number of aromatic amines is 1. The van der Waals surface area contributed by atoms with Crippen LogP contribution in [0.5, 0.6) is 5.75 Å². The van der Waals surface area contributed by atoms with E-state index in [1.54, 1.807) is 67.6 Å². The van der Waals surface area contributed by atoms with Crippen molar-refractivity contribution in [2.24, 2.45) is 0 Å². The van der Waals surface area contributed by atoms with Crippen LogP contribution in [0.2, 0.25) is 0 Å². The SMILES string of the molecule is C[C@H](NC(=O)c1ccc(-c2ccc(O)cc2)cc1)C(=O)Cc1ccc2[nH]cc(C(=O)O)c(=O)c2c1. The number of carbonyl (C=O) groups excluding carboxylic acids is 2. The molecule has 4 N–H and O–H groups in total. The molecule has 0 aliphatic carbocycles. The van der Waals surface area contributed by atoms with Crippen LogP contribution in [0.25, 0.3) is 22.0 Å². The molecular formula is C27H22N2O6. The van der Waals surface area contributed by atoms with E-state index < -0.39 is 23.3 Å². The van der Waals surface area contributed by atoms with E-state index in [2.05, 4.69) is 10.3 Å². The van der Waals surface area contributed by atoms with Crippen molar-refractivity contribution in [3.05, 3.63) is 99.8 Å². The number of aromatic nitrogens is 1. The van der Waals surface area contributed by atoms with E-state index in [9.17, 15) is 24.3 Å². The number of carboxylic acid groups (broad SMARTS) is 1. The molecule has 0 spiro atoms. The Labute approximate surface area is 199 Å². The molecule has 0 aliphatic rings. The van der Waals surface area contributed by atoms with Gasteiger partial charge in [-0.25, -0.2) is 4.79 Å². The number of carboxylic acids is 1. The lowest BCUT2D eigenvalue weighted by atomic mass is 10.0. The maximum absolute atomic E-state index is 12.7. The van der Waals surface area contributed by atoms with Gasteiger partial charge in [0.25, 0.3) is 5.91 Å². The Hall–Kier alpha value is -4.72. The van der Waals surface area contributed by atoms with Gasteiger partial charge in [-0.2, -0.15) is 0 Å². The Morgan fingerprint density at radius 2 is 1.57 bits per heavy atom. The van der Waals surface area contributed by atoms with E-state index in [1.807, 2.05) is 0 Å². The first-order valence-electron chi connectivity index (χ1n) is 10.8. The summed E-state index contributed by atoms with van der Waals surface area (Å²) < 4.78 is 0. The largest absolute Gasteiger partial charge is 0.508 e. The van der Waals surface area contributed by atoms with Crippen LogP contribution in [0.3, 0.4) is 0 Å². The number of H-pyrrole nitrogens is 1. The molecule has 8 heteroatoms. The number of Topliss-reactive ketones (excluding diaryl/α,β-unsaturated/α-hetero) is 1. The number of benzene rings is 3. The lowest BCUT2D eigenvalue weighted by Crippen LogP contribution is -2.39. The van der Waals surface area contributed by atoms with Gasteiger partial charge in [-0.1, -0.05) is 30.3 Å². The number of nitrogens with one attached hydrogen (secondary N) is 2. The van der Waals surface area contributed by atoms with E-state index in [4.69, 9.17) is 5.11 Å². The number of hydrogen-bond acceptors (Lipinski definition) is 5. The highest BCUT2D eigenvalue weighted by molar-refractivity contribution is 5.99. The minimum absolute atomic E-state index is 0.0338. The van der Waals surface area contributed by atoms with Crippen LogP contribution < -0.4 is 10.7 Å². The number of aromatic carboxylic acids is 1. The summed E-state index contributed by atoms with van der Waals surface area (Å²) >= 11 is 0. The fraction of sp³-hybridized carbons (Fsp3) is 0.111. The Kier molecular flexibility index (Phi) is 6.46. The van der Waals surface area contributed by atoms with Gasteiger partial charge in [0.1, 0.15) is 11.3 Å². The van der Waals surface area contributed by atoms with E-state index in [1.165, 1.54) is 6.07 Å². The second-order valence-electron chi connectivity index (χ2n) is 8.18. The third kappa shape index (κ3) is 5.11. The van der Waals surface area contributed by atoms with Crippen LogP contribution in [0.15, 0.2) is 77.7 Å². The van der Waals surface area contributed by atoms with Crippen molar-refractivity contribution in [3.8, 4) is 16.9 Å². The molecule has 3 aromatic carbocycles. The lowest BCUT2D eigenvalue weighted by Gasteiger charge is -2.14. The number of carbonyl (C=O) groups is 3. The quantitative estimate of drug-likeness (QED) is 0.326. The van der Waals surface area contributed by atoms with Crippen molar-refractivity contribution >= 4 is 28.6 Å². The Balaban J connectivity index is 1.43. The maximum Gasteiger partial charge on any atom is 0.341 e. The molecule has 0 radical (unpaired) electrons. The molecule has 35 heavy (non-hydrogen) atoms. The number of hydrogen-bond donors (Lipinski definition) is 4. The molecule has 176 valence electrons. The monoisotopic (exact) mass is 470 g/mol. The van der Waals surface area contributed by atoms with Gasteiger partial charge in [0.15, 0.2) is 5.78 Å². The third-order valence-electron chi connectivity index (χ3n) is 5.73. The molecule has 8 nitrogen and oxygen atoms in total. The molecule has 0 bridgehead atoms. The molecule has 1 aromatic heterocycles. The minimum Gasteiger partial charge on any atom is -0.508 e. The topological polar surface area (TPSA) is 137 Å². The average molecular weight is 470 g/mol. The summed E-state index contributed by atoms with van der Waals surface area (Å²) in [5.41, 5.74) is 2.16. The molecule has 4 aromatic rings. The van der Waals surface area contributed by atoms with Crippen molar-refractivity contribution in [3.63, 3.8) is 0 Å². The van der Waals surface area contributed by atoms with Crippen LogP contribution >= 0.6 is 0 Å². The first-order chi connectivity index (χ1) is 16.7. The summed E-state index contributed by atoms with van der Waals surface area (Å²) in [6.45, 7) is 1.58. The number of phenolic OH excluding ortho intramolecular Hbond substituents is 1. The number of pyridine rings is 1. The first-order valence-corrected chi connectivity index (χ1v) is 10.8. The highest BCUT2D eigenvalue weighted by atomic mass is 16.4. The fourth-order valence-corrected chi connectivity index (χ4v) is 3.72. The van der Waals surface area contributed by atoms with Gasteiger partial charge in [-0.15, -0.1) is 0 Å². The minimum atomic E-state index is -1.33. The highest BCUT2D eigenvalue weighted by Crippen LogP contribution is 2.22. The van der Waals surface area contributed by atoms with E-state index in [-0.39, 0.29) is 28.9 Å². The smallest absolute Gasteiger partial charge is 0.341 e. The molecule has 0 aliphatic heterocycles. The fourth-order valence-electron chi connectivity index (χ4n) is 3.72. The summed E-state index contributed by atoms with van der Waals surface area (Å²) in [6.07, 6.45) is 1.11. The summed E-state index contributed by atoms with van der Waals surface area (Å²) in [5, 5.41) is 21.4. The summed E-state index contributed by atoms with van der Waals surface area (Å²) in [7, 11) is 0. The van der Waals surface area contributed by atoms with Gasteiger partial charge in [0, 0.05) is 29.1 Å². The molecule has 4 rings (SSSR count). The van der Waals surface area contributed by atoms with Crippen LogP contribution in [0.1, 0.15) is 33.2 Å². The average Bonchev–Trinajstić information content (AvgIpc) is 2.85.